The van der Waals surface area contributed by atoms with Gasteiger partial charge >= 0.3 is 0 Å². The van der Waals surface area contributed by atoms with E-state index in [1.807, 2.05) is 18.0 Å². The Morgan fingerprint density at radius 3 is 2.62 bits per heavy atom. The minimum absolute atomic E-state index is 0.260. The van der Waals surface area contributed by atoms with E-state index < -0.39 is 0 Å². The largest absolute Gasteiger partial charge is 0.344 e. The molecule has 86 valence electrons. The minimum Gasteiger partial charge on any atom is -0.344 e. The standard InChI is InChI=1S/C13H18N2O/c1-14-9-10-15(8-7-13(14)16)11-12-5-3-2-4-6-12/h2-6H,7-11H2,1H3. The highest BCUT2D eigenvalue weighted by Crippen LogP contribution is 2.08. The molecule has 1 fully saturated rings. The maximum absolute atomic E-state index is 11.5. The van der Waals surface area contributed by atoms with Crippen molar-refractivity contribution in [2.24, 2.45) is 0 Å². The summed E-state index contributed by atoms with van der Waals surface area (Å²) in [5.41, 5.74) is 1.32. The Morgan fingerprint density at radius 1 is 1.12 bits per heavy atom. The van der Waals surface area contributed by atoms with Gasteiger partial charge in [0.1, 0.15) is 0 Å². The number of carbonyl (C=O) groups is 1. The Kier molecular flexibility index (Phi) is 3.57. The average Bonchev–Trinajstić information content (AvgIpc) is 2.46. The lowest BCUT2D eigenvalue weighted by Gasteiger charge is -2.19. The molecule has 1 aromatic carbocycles. The van der Waals surface area contributed by atoms with Gasteiger partial charge in [0.2, 0.25) is 5.91 Å². The van der Waals surface area contributed by atoms with Crippen molar-refractivity contribution in [2.75, 3.05) is 26.7 Å². The summed E-state index contributed by atoms with van der Waals surface area (Å²) < 4.78 is 0. The highest BCUT2D eigenvalue weighted by atomic mass is 16.2. The van der Waals surface area contributed by atoms with Gasteiger partial charge in [-0.25, -0.2) is 0 Å². The van der Waals surface area contributed by atoms with E-state index in [1.165, 1.54) is 5.56 Å². The molecule has 2 rings (SSSR count). The normalized spacial score (nSPS) is 18.6. The van der Waals surface area contributed by atoms with Crippen LogP contribution in [0.3, 0.4) is 0 Å². The number of benzene rings is 1. The van der Waals surface area contributed by atoms with E-state index in [2.05, 4.69) is 29.2 Å². The van der Waals surface area contributed by atoms with Crippen molar-refractivity contribution >= 4 is 5.91 Å². The predicted molar refractivity (Wildman–Crippen MR) is 64.0 cm³/mol. The van der Waals surface area contributed by atoms with Gasteiger partial charge in [-0.15, -0.1) is 0 Å². The van der Waals surface area contributed by atoms with E-state index >= 15 is 0 Å². The first-order valence-corrected chi connectivity index (χ1v) is 5.76. The molecule has 0 N–H and O–H groups in total. The van der Waals surface area contributed by atoms with Crippen molar-refractivity contribution in [1.82, 2.24) is 9.80 Å². The lowest BCUT2D eigenvalue weighted by molar-refractivity contribution is -0.129. The van der Waals surface area contributed by atoms with Gasteiger partial charge in [0.25, 0.3) is 0 Å². The molecule has 1 saturated heterocycles. The number of hydrogen-bond donors (Lipinski definition) is 0. The molecule has 3 heteroatoms. The first-order valence-electron chi connectivity index (χ1n) is 5.76. The zero-order valence-electron chi connectivity index (χ0n) is 9.72. The quantitative estimate of drug-likeness (QED) is 0.748. The van der Waals surface area contributed by atoms with Crippen LogP contribution in [0, 0.1) is 0 Å². The van der Waals surface area contributed by atoms with Crippen LogP contribution in [0.5, 0.6) is 0 Å². The number of amides is 1. The second-order valence-corrected chi connectivity index (χ2v) is 4.33. The summed E-state index contributed by atoms with van der Waals surface area (Å²) in [6, 6.07) is 10.4. The smallest absolute Gasteiger partial charge is 0.223 e. The molecule has 0 aliphatic carbocycles. The summed E-state index contributed by atoms with van der Waals surface area (Å²) in [7, 11) is 1.88. The first-order chi connectivity index (χ1) is 7.75. The summed E-state index contributed by atoms with van der Waals surface area (Å²) >= 11 is 0. The summed E-state index contributed by atoms with van der Waals surface area (Å²) in [5.74, 6) is 0.260. The first kappa shape index (κ1) is 11.1. The topological polar surface area (TPSA) is 23.6 Å². The molecular formula is C13H18N2O. The van der Waals surface area contributed by atoms with E-state index in [-0.39, 0.29) is 5.91 Å². The highest BCUT2D eigenvalue weighted by Gasteiger charge is 2.17. The molecule has 16 heavy (non-hydrogen) atoms. The third-order valence-electron chi connectivity index (χ3n) is 3.07. The molecule has 0 saturated carbocycles. The summed E-state index contributed by atoms with van der Waals surface area (Å²) in [4.78, 5) is 15.7. The van der Waals surface area contributed by atoms with Crippen molar-refractivity contribution in [3.05, 3.63) is 35.9 Å². The van der Waals surface area contributed by atoms with Crippen molar-refractivity contribution in [3.8, 4) is 0 Å². The molecule has 1 heterocycles. The fraction of sp³-hybridized carbons (Fsp3) is 0.462. The van der Waals surface area contributed by atoms with Crippen LogP contribution in [0.2, 0.25) is 0 Å². The lowest BCUT2D eigenvalue weighted by Crippen LogP contribution is -2.29. The van der Waals surface area contributed by atoms with Crippen molar-refractivity contribution in [2.45, 2.75) is 13.0 Å². The van der Waals surface area contributed by atoms with Gasteiger partial charge in [0.05, 0.1) is 0 Å². The fourth-order valence-corrected chi connectivity index (χ4v) is 1.97. The van der Waals surface area contributed by atoms with E-state index in [4.69, 9.17) is 0 Å². The van der Waals surface area contributed by atoms with Gasteiger partial charge in [0.15, 0.2) is 0 Å². The Morgan fingerprint density at radius 2 is 1.88 bits per heavy atom. The number of nitrogens with zero attached hydrogens (tertiary/aromatic N) is 2. The Hall–Kier alpha value is -1.35. The van der Waals surface area contributed by atoms with Crippen LogP contribution in [-0.2, 0) is 11.3 Å². The molecule has 1 aliphatic rings. The summed E-state index contributed by atoms with van der Waals surface area (Å²) in [6.07, 6.45) is 0.642. The summed E-state index contributed by atoms with van der Waals surface area (Å²) in [6.45, 7) is 3.63. The van der Waals surface area contributed by atoms with Gasteiger partial charge in [0, 0.05) is 39.6 Å². The van der Waals surface area contributed by atoms with E-state index in [0.29, 0.717) is 6.42 Å². The molecule has 0 spiro atoms. The van der Waals surface area contributed by atoms with Gasteiger partial charge in [-0.3, -0.25) is 9.69 Å². The highest BCUT2D eigenvalue weighted by molar-refractivity contribution is 5.76. The van der Waals surface area contributed by atoms with Gasteiger partial charge in [-0.2, -0.15) is 0 Å². The van der Waals surface area contributed by atoms with Gasteiger partial charge in [-0.1, -0.05) is 30.3 Å². The van der Waals surface area contributed by atoms with Crippen LogP contribution in [0.1, 0.15) is 12.0 Å². The number of likely N-dealkylation sites (N-methyl/N-ethyl adjacent to an activating group) is 1. The minimum atomic E-state index is 0.260. The van der Waals surface area contributed by atoms with E-state index in [1.54, 1.807) is 0 Å². The molecule has 3 nitrogen and oxygen atoms in total. The summed E-state index contributed by atoms with van der Waals surface area (Å²) in [5, 5.41) is 0. The fourth-order valence-electron chi connectivity index (χ4n) is 1.97. The molecule has 1 aromatic rings. The molecule has 0 atom stereocenters. The van der Waals surface area contributed by atoms with E-state index in [0.717, 1.165) is 26.2 Å². The second-order valence-electron chi connectivity index (χ2n) is 4.33. The van der Waals surface area contributed by atoms with Crippen molar-refractivity contribution in [3.63, 3.8) is 0 Å². The third-order valence-corrected chi connectivity index (χ3v) is 3.07. The second kappa shape index (κ2) is 5.12. The van der Waals surface area contributed by atoms with Crippen LogP contribution < -0.4 is 0 Å². The van der Waals surface area contributed by atoms with Gasteiger partial charge < -0.3 is 4.90 Å². The number of rotatable bonds is 2. The zero-order valence-corrected chi connectivity index (χ0v) is 9.72. The Bertz CT molecular complexity index is 350. The molecule has 0 unspecified atom stereocenters. The Labute approximate surface area is 96.7 Å². The van der Waals surface area contributed by atoms with E-state index in [9.17, 15) is 4.79 Å². The van der Waals surface area contributed by atoms with Crippen molar-refractivity contribution in [1.29, 1.82) is 0 Å². The molecule has 1 amide bonds. The molecule has 0 radical (unpaired) electrons. The maximum atomic E-state index is 11.5. The van der Waals surface area contributed by atoms with Crippen LogP contribution in [0.4, 0.5) is 0 Å². The maximum Gasteiger partial charge on any atom is 0.223 e. The average molecular weight is 218 g/mol. The number of hydrogen-bond acceptors (Lipinski definition) is 2. The molecule has 0 aromatic heterocycles. The van der Waals surface area contributed by atoms with Crippen molar-refractivity contribution < 1.29 is 4.79 Å². The van der Waals surface area contributed by atoms with Crippen LogP contribution in [0.25, 0.3) is 0 Å². The predicted octanol–water partition coefficient (Wildman–Crippen LogP) is 1.35. The monoisotopic (exact) mass is 218 g/mol. The molecule has 1 aliphatic heterocycles. The van der Waals surface area contributed by atoms with Crippen LogP contribution >= 0.6 is 0 Å². The van der Waals surface area contributed by atoms with Gasteiger partial charge in [-0.05, 0) is 5.56 Å². The lowest BCUT2D eigenvalue weighted by atomic mass is 10.2. The van der Waals surface area contributed by atoms with Crippen LogP contribution in [0.15, 0.2) is 30.3 Å². The van der Waals surface area contributed by atoms with Crippen LogP contribution in [-0.4, -0.2) is 42.4 Å². The SMILES string of the molecule is CN1CCN(Cc2ccccc2)CCC1=O. The molecular weight excluding hydrogens is 200 g/mol. The third kappa shape index (κ3) is 2.83. The Balaban J connectivity index is 1.94. The molecule has 0 bridgehead atoms. The zero-order chi connectivity index (χ0) is 11.4. The number of carbonyl (C=O) groups excluding carboxylic acids is 1.